The van der Waals surface area contributed by atoms with Gasteiger partial charge in [0.2, 0.25) is 35.4 Å². The summed E-state index contributed by atoms with van der Waals surface area (Å²) in [4.78, 5) is 104. The van der Waals surface area contributed by atoms with Gasteiger partial charge in [-0.05, 0) is 62.3 Å². The molecule has 12 N–H and O–H groups in total. The van der Waals surface area contributed by atoms with Crippen molar-refractivity contribution in [3.05, 3.63) is 55.0 Å². The van der Waals surface area contributed by atoms with Crippen LogP contribution in [0, 0.1) is 24.2 Å². The Hall–Kier alpha value is -6.05. The summed E-state index contributed by atoms with van der Waals surface area (Å²) in [5.74, 6) is -5.32. The summed E-state index contributed by atoms with van der Waals surface area (Å²) < 4.78 is 0. The second kappa shape index (κ2) is 24.3. The lowest BCUT2D eigenvalue weighted by atomic mass is 9.96. The Morgan fingerprint density at radius 2 is 1.56 bits per heavy atom. The third-order valence-electron chi connectivity index (χ3n) is 10.5. The Morgan fingerprint density at radius 1 is 0.918 bits per heavy atom. The van der Waals surface area contributed by atoms with E-state index in [-0.39, 0.29) is 44.1 Å². The van der Waals surface area contributed by atoms with Gasteiger partial charge in [-0.25, -0.2) is 4.98 Å². The third kappa shape index (κ3) is 15.5. The Balaban J connectivity index is 1.89. The number of phenols is 1. The fraction of sp³-hybridized carbons (Fsp3) is 0.561. The van der Waals surface area contributed by atoms with E-state index in [9.17, 15) is 38.7 Å². The van der Waals surface area contributed by atoms with Crippen molar-refractivity contribution >= 4 is 47.2 Å². The minimum absolute atomic E-state index is 0.000971. The maximum absolute atomic E-state index is 14.3. The zero-order valence-electron chi connectivity index (χ0n) is 35.6. The van der Waals surface area contributed by atoms with Crippen molar-refractivity contribution in [3.8, 4) is 5.75 Å². The molecule has 6 amide bonds. The number of aromatic amines is 1. The number of aromatic nitrogens is 2. The second-order valence-electron chi connectivity index (χ2n) is 15.6. The number of rotatable bonds is 24. The number of imidazole rings is 1. The zero-order chi connectivity index (χ0) is 45.2. The van der Waals surface area contributed by atoms with Gasteiger partial charge in [-0.3, -0.25) is 39.0 Å². The summed E-state index contributed by atoms with van der Waals surface area (Å²) in [6, 6.07) is -0.559. The molecule has 20 heteroatoms. The number of benzene rings is 1. The van der Waals surface area contributed by atoms with E-state index in [0.29, 0.717) is 43.5 Å². The molecule has 1 aliphatic rings. The van der Waals surface area contributed by atoms with Crippen molar-refractivity contribution in [2.24, 2.45) is 17.6 Å². The Morgan fingerprint density at radius 3 is 2.15 bits per heavy atom. The van der Waals surface area contributed by atoms with Crippen LogP contribution in [-0.4, -0.2) is 130 Å². The SMILES string of the molecule is [CH2]C(=O)[C@@H]1CCCN1C(=O)[C@H](Cc1c[nH]cn1)NC(=O)[C@@H](NC(=O)[C@H](Cc1ccc(O)cc1)NC(=O)[C@@H](NC(=O)[C@H](CCCNC(=N)N)NC(=O)CNC)C(C)C)[C@@H](C)CC. The van der Waals surface area contributed by atoms with E-state index in [4.69, 9.17) is 11.1 Å². The number of nitrogens with one attached hydrogen (secondary N) is 9. The summed E-state index contributed by atoms with van der Waals surface area (Å²) in [5.41, 5.74) is 6.42. The van der Waals surface area contributed by atoms with Gasteiger partial charge in [-0.15, -0.1) is 0 Å². The average Bonchev–Trinajstić information content (AvgIpc) is 3.93. The van der Waals surface area contributed by atoms with Crippen LogP contribution in [0.25, 0.3) is 0 Å². The van der Waals surface area contributed by atoms with E-state index in [1.807, 2.05) is 6.92 Å². The number of likely N-dealkylation sites (N-methyl/N-ethyl adjacent to an activating group) is 1. The normalized spacial score (nSPS) is 16.6. The summed E-state index contributed by atoms with van der Waals surface area (Å²) in [7, 11) is 1.58. The molecule has 0 aliphatic carbocycles. The minimum Gasteiger partial charge on any atom is -0.508 e. The minimum atomic E-state index is -1.30. The maximum Gasteiger partial charge on any atom is 0.246 e. The molecule has 3 rings (SSSR count). The van der Waals surface area contributed by atoms with Gasteiger partial charge in [0.05, 0.1) is 24.6 Å². The van der Waals surface area contributed by atoms with Gasteiger partial charge >= 0.3 is 0 Å². The van der Waals surface area contributed by atoms with Crippen molar-refractivity contribution in [1.82, 2.24) is 52.1 Å². The van der Waals surface area contributed by atoms with E-state index in [1.165, 1.54) is 23.4 Å². The Labute approximate surface area is 356 Å². The van der Waals surface area contributed by atoms with Crippen LogP contribution in [0.5, 0.6) is 5.75 Å². The number of likely N-dealkylation sites (tertiary alicyclic amines) is 1. The lowest BCUT2D eigenvalue weighted by Gasteiger charge is -2.31. The highest BCUT2D eigenvalue weighted by atomic mass is 16.3. The topological polar surface area (TPSA) is 306 Å². The van der Waals surface area contributed by atoms with Crippen molar-refractivity contribution in [2.45, 2.75) is 109 Å². The Bertz CT molecular complexity index is 1810. The van der Waals surface area contributed by atoms with Gasteiger partial charge in [0.25, 0.3) is 0 Å². The van der Waals surface area contributed by atoms with E-state index < -0.39 is 89.3 Å². The number of nitrogens with two attached hydrogens (primary N) is 1. The van der Waals surface area contributed by atoms with E-state index in [2.05, 4.69) is 54.1 Å². The summed E-state index contributed by atoms with van der Waals surface area (Å²) >= 11 is 0. The number of phenolic OH excluding ortho intramolecular Hbond substituents is 1. The largest absolute Gasteiger partial charge is 0.508 e. The van der Waals surface area contributed by atoms with Crippen LogP contribution in [0.3, 0.4) is 0 Å². The van der Waals surface area contributed by atoms with E-state index >= 15 is 0 Å². The van der Waals surface area contributed by atoms with E-state index in [1.54, 1.807) is 46.1 Å². The highest BCUT2D eigenvalue weighted by Gasteiger charge is 2.39. The van der Waals surface area contributed by atoms with Crippen LogP contribution in [0.2, 0.25) is 0 Å². The lowest BCUT2D eigenvalue weighted by Crippen LogP contribution is -2.61. The first-order valence-corrected chi connectivity index (χ1v) is 20.6. The predicted octanol–water partition coefficient (Wildman–Crippen LogP) is -1.10. The van der Waals surface area contributed by atoms with Crippen molar-refractivity contribution in [3.63, 3.8) is 0 Å². The number of guanidine groups is 1. The predicted molar refractivity (Wildman–Crippen MR) is 226 cm³/mol. The molecular formula is C41H63N12O8. The monoisotopic (exact) mass is 851 g/mol. The van der Waals surface area contributed by atoms with Gasteiger partial charge in [-0.2, -0.15) is 0 Å². The highest BCUT2D eigenvalue weighted by molar-refractivity contribution is 5.98. The van der Waals surface area contributed by atoms with Crippen LogP contribution in [-0.2, 0) is 46.4 Å². The summed E-state index contributed by atoms with van der Waals surface area (Å²) in [5, 5.41) is 36.4. The van der Waals surface area contributed by atoms with E-state index in [0.717, 1.165) is 0 Å². The average molecular weight is 852 g/mol. The molecule has 1 saturated heterocycles. The number of carbonyl (C=O) groups is 7. The van der Waals surface area contributed by atoms with Crippen molar-refractivity contribution < 1.29 is 38.7 Å². The standard InChI is InChI=1S/C41H63N12O8/c1-7-24(4)35(39(60)50-31(19-27-20-45-22-47-27)40(61)53-17-9-11-32(53)25(5)54)52-37(58)30(18-26-12-14-28(55)15-13-26)49-38(59)34(23(2)3)51-36(57)29(48-33(56)21-44-6)10-8-16-46-41(42)43/h12-15,20,22-24,29-32,34-35,44,55H,5,7-11,16-19,21H2,1-4,6H3,(H,45,47)(H,48,56)(H,49,59)(H,50,60)(H,51,57)(H,52,58)(H4,42,43,46)/t24-,29-,30-,31-,32-,34-,35-/m0/s1. The van der Waals surface area contributed by atoms with Crippen LogP contribution < -0.4 is 43.0 Å². The third-order valence-corrected chi connectivity index (χ3v) is 10.5. The number of hydrogen-bond donors (Lipinski definition) is 11. The summed E-state index contributed by atoms with van der Waals surface area (Å²) in [6.45, 7) is 11.0. The number of amides is 6. The van der Waals surface area contributed by atoms with Crippen molar-refractivity contribution in [1.29, 1.82) is 5.41 Å². The quantitative estimate of drug-likeness (QED) is 0.0341. The number of H-pyrrole nitrogens is 1. The van der Waals surface area contributed by atoms with Crippen LogP contribution in [0.4, 0.5) is 0 Å². The molecule has 1 aromatic heterocycles. The van der Waals surface area contributed by atoms with Gasteiger partial charge in [0.15, 0.2) is 11.7 Å². The molecule has 1 aliphatic heterocycles. The number of nitrogens with zero attached hydrogens (tertiary/aromatic N) is 2. The van der Waals surface area contributed by atoms with Crippen LogP contribution in [0.15, 0.2) is 36.8 Å². The molecule has 0 spiro atoms. The van der Waals surface area contributed by atoms with Crippen LogP contribution in [0.1, 0.15) is 71.1 Å². The first-order valence-electron chi connectivity index (χ1n) is 20.6. The molecule has 1 aromatic carbocycles. The molecule has 61 heavy (non-hydrogen) atoms. The molecule has 1 radical (unpaired) electrons. The molecular weight excluding hydrogens is 789 g/mol. The van der Waals surface area contributed by atoms with Gasteiger partial charge in [-0.1, -0.05) is 46.2 Å². The number of hydrogen-bond acceptors (Lipinski definition) is 11. The smallest absolute Gasteiger partial charge is 0.246 e. The van der Waals surface area contributed by atoms with Crippen molar-refractivity contribution in [2.75, 3.05) is 26.7 Å². The number of aromatic hydroxyl groups is 1. The molecule has 2 heterocycles. The summed E-state index contributed by atoms with van der Waals surface area (Å²) in [6.07, 6.45) is 4.94. The van der Waals surface area contributed by atoms with Crippen LogP contribution >= 0.6 is 0 Å². The Kier molecular flexibility index (Phi) is 19.6. The lowest BCUT2D eigenvalue weighted by molar-refractivity contribution is -0.141. The fourth-order valence-electron chi connectivity index (χ4n) is 6.93. The molecule has 0 unspecified atom stereocenters. The highest BCUT2D eigenvalue weighted by Crippen LogP contribution is 2.21. The molecule has 0 saturated carbocycles. The number of ketones is 1. The van der Waals surface area contributed by atoms with Gasteiger partial charge in [0, 0.05) is 39.1 Å². The van der Waals surface area contributed by atoms with Gasteiger partial charge < -0.3 is 57.9 Å². The molecule has 1 fully saturated rings. The maximum atomic E-state index is 14.3. The molecule has 2 aromatic rings. The first-order chi connectivity index (χ1) is 28.9. The van der Waals surface area contributed by atoms with Gasteiger partial charge in [0.1, 0.15) is 36.0 Å². The molecule has 20 nitrogen and oxygen atoms in total. The molecule has 0 bridgehead atoms. The number of Topliss-reactive ketones (excluding diaryl/α,β-unsaturated/α-hetero) is 1. The first kappa shape index (κ1) is 49.3. The zero-order valence-corrected chi connectivity index (χ0v) is 35.6. The number of carbonyl (C=O) groups excluding carboxylic acids is 7. The molecule has 7 atom stereocenters. The molecule has 335 valence electrons. The second-order valence-corrected chi connectivity index (χ2v) is 15.6. The fourth-order valence-corrected chi connectivity index (χ4v) is 6.93.